The molecule has 3 fully saturated rings. The minimum absolute atomic E-state index is 0.00370. The van der Waals surface area contributed by atoms with Crippen LogP contribution in [0.1, 0.15) is 13.8 Å². The lowest BCUT2D eigenvalue weighted by molar-refractivity contribution is -0.144. The Hall–Kier alpha value is -2.80. The zero-order valence-corrected chi connectivity index (χ0v) is 31.6. The van der Waals surface area contributed by atoms with Gasteiger partial charge in [0.25, 0.3) is 5.88 Å². The third kappa shape index (κ3) is 9.60. The maximum absolute atomic E-state index is 11.7. The second-order valence-corrected chi connectivity index (χ2v) is 13.8. The highest BCUT2D eigenvalue weighted by Crippen LogP contribution is 2.40. The van der Waals surface area contributed by atoms with E-state index >= 15 is 0 Å². The standard InChI is InChI=1S/C11H14ClN3O2.C10H11Cl2N3O3.C9H11Cl2N3O2/c1-11(2)8-6-16-4-3-15(8)7-5-9(12)13-14-10(7)17-11;1-17-10(16)7-5-18-3-2-15(7)6-4-8(11)13-14-9(6)12;10-8-3-7(9(11)13-12-8)14-1-2-16-5-6(14)4-15/h5,8H,3-4,6H2,1-2H3;4,7H,2-3,5H2,1H3;3,6,15H,1-2,4-5H2. The summed E-state index contributed by atoms with van der Waals surface area (Å²) in [5.41, 5.74) is 1.81. The van der Waals surface area contributed by atoms with E-state index < -0.39 is 12.0 Å². The van der Waals surface area contributed by atoms with Crippen molar-refractivity contribution in [1.29, 1.82) is 0 Å². The summed E-state index contributed by atoms with van der Waals surface area (Å²) in [4.78, 5) is 17.6. The molecule has 3 saturated heterocycles. The fourth-order valence-electron chi connectivity index (χ4n) is 5.85. The topological polar surface area (TPSA) is 171 Å². The van der Waals surface area contributed by atoms with Crippen LogP contribution in [-0.2, 0) is 23.7 Å². The van der Waals surface area contributed by atoms with Gasteiger partial charge >= 0.3 is 5.97 Å². The van der Waals surface area contributed by atoms with Crippen LogP contribution < -0.4 is 19.4 Å². The van der Waals surface area contributed by atoms with Gasteiger partial charge in [-0.1, -0.05) is 58.0 Å². The van der Waals surface area contributed by atoms with Crippen molar-refractivity contribution in [2.45, 2.75) is 37.6 Å². The van der Waals surface area contributed by atoms with Crippen LogP contribution in [0.15, 0.2) is 18.2 Å². The van der Waals surface area contributed by atoms with Crippen LogP contribution in [0, 0.1) is 0 Å². The van der Waals surface area contributed by atoms with Crippen LogP contribution in [0.2, 0.25) is 25.8 Å². The summed E-state index contributed by atoms with van der Waals surface area (Å²) in [6.45, 7) is 9.21. The van der Waals surface area contributed by atoms with Gasteiger partial charge in [-0.05, 0) is 13.8 Å². The van der Waals surface area contributed by atoms with Crippen LogP contribution in [0.5, 0.6) is 5.88 Å². The molecular weight excluding hydrogens is 776 g/mol. The SMILES string of the molecule is CC1(C)Oc2nnc(Cl)cc2N2CCOCC21.COC(=O)C1COCCN1c1cc(Cl)nnc1Cl.OCC1COCCN1c1cc(Cl)nnc1Cl. The molecule has 0 amide bonds. The number of aliphatic hydroxyl groups excluding tert-OH is 1. The Labute approximate surface area is 319 Å². The van der Waals surface area contributed by atoms with Gasteiger partial charge in [-0.2, -0.15) is 0 Å². The van der Waals surface area contributed by atoms with Gasteiger partial charge in [0.15, 0.2) is 31.8 Å². The first-order valence-electron chi connectivity index (χ1n) is 15.7. The Kier molecular flexibility index (Phi) is 13.8. The second kappa shape index (κ2) is 17.8. The monoisotopic (exact) mass is 809 g/mol. The molecule has 4 aliphatic rings. The molecule has 0 radical (unpaired) electrons. The zero-order chi connectivity index (χ0) is 36.7. The van der Waals surface area contributed by atoms with E-state index in [1.807, 2.05) is 18.7 Å². The first-order valence-corrected chi connectivity index (χ1v) is 17.6. The van der Waals surface area contributed by atoms with Crippen molar-refractivity contribution in [3.8, 4) is 5.88 Å². The first kappa shape index (κ1) is 39.4. The summed E-state index contributed by atoms with van der Waals surface area (Å²) in [5, 5.41) is 33.2. The molecular formula is C30H36Cl5N9O7. The second-order valence-electron chi connectivity index (χ2n) is 11.9. The van der Waals surface area contributed by atoms with Crippen molar-refractivity contribution in [2.24, 2.45) is 0 Å². The van der Waals surface area contributed by atoms with Crippen molar-refractivity contribution >= 4 is 81.0 Å². The van der Waals surface area contributed by atoms with Crippen LogP contribution in [-0.4, -0.2) is 138 Å². The minimum Gasteiger partial charge on any atom is -0.467 e. The van der Waals surface area contributed by atoms with Crippen molar-refractivity contribution in [1.82, 2.24) is 30.6 Å². The molecule has 0 aromatic carbocycles. The number of nitrogens with zero attached hydrogens (tertiary/aromatic N) is 9. The first-order chi connectivity index (χ1) is 24.4. The van der Waals surface area contributed by atoms with Crippen molar-refractivity contribution in [2.75, 3.05) is 87.7 Å². The smallest absolute Gasteiger partial charge is 0.330 e. The van der Waals surface area contributed by atoms with Crippen molar-refractivity contribution in [3.05, 3.63) is 44.0 Å². The quantitative estimate of drug-likeness (QED) is 0.379. The number of esters is 1. The fraction of sp³-hybridized carbons (Fsp3) is 0.567. The maximum Gasteiger partial charge on any atom is 0.330 e. The number of hydrogen-bond donors (Lipinski definition) is 1. The number of ether oxygens (including phenoxy) is 5. The fourth-order valence-corrected chi connectivity index (χ4v) is 6.67. The molecule has 51 heavy (non-hydrogen) atoms. The molecule has 3 atom stereocenters. The van der Waals surface area contributed by atoms with E-state index in [-0.39, 0.29) is 51.5 Å². The molecule has 4 aliphatic heterocycles. The summed E-state index contributed by atoms with van der Waals surface area (Å²) >= 11 is 29.4. The van der Waals surface area contributed by atoms with Crippen LogP contribution >= 0.6 is 58.0 Å². The Balaban J connectivity index is 0.000000149. The highest BCUT2D eigenvalue weighted by atomic mass is 35.5. The Bertz CT molecular complexity index is 1670. The molecule has 7 heterocycles. The van der Waals surface area contributed by atoms with E-state index in [0.29, 0.717) is 68.5 Å². The molecule has 21 heteroatoms. The van der Waals surface area contributed by atoms with Gasteiger partial charge < -0.3 is 43.5 Å². The Morgan fingerprint density at radius 2 is 1.27 bits per heavy atom. The van der Waals surface area contributed by atoms with Crippen LogP contribution in [0.25, 0.3) is 0 Å². The van der Waals surface area contributed by atoms with E-state index in [2.05, 4.69) is 35.5 Å². The van der Waals surface area contributed by atoms with Gasteiger partial charge in [0, 0.05) is 37.8 Å². The third-order valence-corrected chi connectivity index (χ3v) is 9.46. The summed E-state index contributed by atoms with van der Waals surface area (Å²) in [6.07, 6.45) is 0. The highest BCUT2D eigenvalue weighted by Gasteiger charge is 2.44. The maximum atomic E-state index is 11.7. The molecule has 0 saturated carbocycles. The lowest BCUT2D eigenvalue weighted by Gasteiger charge is -2.49. The normalized spacial score (nSPS) is 22.2. The molecule has 7 rings (SSSR count). The van der Waals surface area contributed by atoms with E-state index in [4.69, 9.17) is 81.7 Å². The van der Waals surface area contributed by atoms with Crippen molar-refractivity contribution < 1.29 is 33.6 Å². The van der Waals surface area contributed by atoms with Crippen molar-refractivity contribution in [3.63, 3.8) is 0 Å². The molecule has 0 bridgehead atoms. The number of carbonyl (C=O) groups excluding carboxylic acids is 1. The summed E-state index contributed by atoms with van der Waals surface area (Å²) in [6, 6.07) is 4.53. The van der Waals surface area contributed by atoms with Gasteiger partial charge in [0.2, 0.25) is 0 Å². The Morgan fingerprint density at radius 1 is 0.765 bits per heavy atom. The number of anilines is 3. The number of fused-ring (bicyclic) bond motifs is 3. The molecule has 3 aromatic rings. The number of rotatable bonds is 4. The molecule has 0 aliphatic carbocycles. The number of carbonyl (C=O) groups is 1. The molecule has 1 N–H and O–H groups in total. The van der Waals surface area contributed by atoms with E-state index in [0.717, 1.165) is 12.2 Å². The molecule has 0 spiro atoms. The van der Waals surface area contributed by atoms with Gasteiger partial charge in [0.1, 0.15) is 11.3 Å². The lowest BCUT2D eigenvalue weighted by Crippen LogP contribution is -2.61. The largest absolute Gasteiger partial charge is 0.467 e. The number of halogens is 5. The van der Waals surface area contributed by atoms with Crippen LogP contribution in [0.3, 0.4) is 0 Å². The predicted octanol–water partition coefficient (Wildman–Crippen LogP) is 3.65. The number of aliphatic hydroxyl groups is 1. The highest BCUT2D eigenvalue weighted by molar-refractivity contribution is 6.34. The van der Waals surface area contributed by atoms with E-state index in [9.17, 15) is 9.90 Å². The summed E-state index contributed by atoms with van der Waals surface area (Å²) < 4.78 is 26.7. The number of methoxy groups -OCH3 is 1. The molecule has 3 aromatic heterocycles. The zero-order valence-electron chi connectivity index (χ0n) is 27.8. The summed E-state index contributed by atoms with van der Waals surface area (Å²) in [7, 11) is 1.33. The lowest BCUT2D eigenvalue weighted by atomic mass is 9.94. The predicted molar refractivity (Wildman–Crippen MR) is 191 cm³/mol. The van der Waals surface area contributed by atoms with Gasteiger partial charge in [-0.15, -0.1) is 30.6 Å². The van der Waals surface area contributed by atoms with Gasteiger partial charge in [-0.25, -0.2) is 4.79 Å². The molecule has 278 valence electrons. The van der Waals surface area contributed by atoms with Gasteiger partial charge in [-0.3, -0.25) is 0 Å². The number of aromatic nitrogens is 6. The number of morpholine rings is 3. The molecule has 3 unspecified atom stereocenters. The Morgan fingerprint density at radius 3 is 1.88 bits per heavy atom. The average Bonchev–Trinajstić information content (AvgIpc) is 3.14. The summed E-state index contributed by atoms with van der Waals surface area (Å²) in [5.74, 6) is 0.163. The van der Waals surface area contributed by atoms with Crippen LogP contribution in [0.4, 0.5) is 17.1 Å². The minimum atomic E-state index is -0.554. The average molecular weight is 812 g/mol. The number of hydrogen-bond acceptors (Lipinski definition) is 16. The van der Waals surface area contributed by atoms with E-state index in [1.54, 1.807) is 23.1 Å². The third-order valence-electron chi connectivity index (χ3n) is 8.37. The molecule has 16 nitrogen and oxygen atoms in total. The van der Waals surface area contributed by atoms with E-state index in [1.165, 1.54) is 7.11 Å². The van der Waals surface area contributed by atoms with Gasteiger partial charge in [0.05, 0.1) is 76.8 Å².